The first-order valence-corrected chi connectivity index (χ1v) is 11.3. The van der Waals surface area contributed by atoms with E-state index in [-0.39, 0.29) is 24.5 Å². The molecule has 2 amide bonds. The Labute approximate surface area is 185 Å². The largest absolute Gasteiger partial charge is 0.483 e. The van der Waals surface area contributed by atoms with Gasteiger partial charge in [-0.2, -0.15) is 0 Å². The summed E-state index contributed by atoms with van der Waals surface area (Å²) in [7, 11) is 0. The first-order chi connectivity index (χ1) is 14.6. The van der Waals surface area contributed by atoms with Crippen molar-refractivity contribution in [1.82, 2.24) is 9.80 Å². The smallest absolute Gasteiger partial charge is 0.266 e. The van der Waals surface area contributed by atoms with Gasteiger partial charge in [0.2, 0.25) is 0 Å². The van der Waals surface area contributed by atoms with E-state index in [9.17, 15) is 9.59 Å². The number of hydrogen-bond donors (Lipinski definition) is 0. The zero-order chi connectivity index (χ0) is 20.9. The highest BCUT2D eigenvalue weighted by molar-refractivity contribution is 8.26. The van der Waals surface area contributed by atoms with Crippen LogP contribution in [0.3, 0.4) is 0 Å². The minimum Gasteiger partial charge on any atom is -0.483 e. The predicted molar refractivity (Wildman–Crippen MR) is 118 cm³/mol. The van der Waals surface area contributed by atoms with Crippen molar-refractivity contribution in [3.63, 3.8) is 0 Å². The Bertz CT molecular complexity index is 848. The summed E-state index contributed by atoms with van der Waals surface area (Å²) in [6, 6.07) is 7.37. The van der Waals surface area contributed by atoms with E-state index in [2.05, 4.69) is 0 Å². The van der Waals surface area contributed by atoms with Gasteiger partial charge in [0.15, 0.2) is 6.61 Å². The molecule has 1 aromatic rings. The van der Waals surface area contributed by atoms with Gasteiger partial charge < -0.3 is 19.1 Å². The summed E-state index contributed by atoms with van der Waals surface area (Å²) in [5.74, 6) is 0.374. The summed E-state index contributed by atoms with van der Waals surface area (Å²) in [6.45, 7) is 3.45. The van der Waals surface area contributed by atoms with Gasteiger partial charge in [-0.05, 0) is 25.0 Å². The first-order valence-electron chi connectivity index (χ1n) is 10.1. The van der Waals surface area contributed by atoms with Crippen LogP contribution >= 0.6 is 24.0 Å². The van der Waals surface area contributed by atoms with Gasteiger partial charge in [-0.25, -0.2) is 0 Å². The molecule has 1 aromatic carbocycles. The average molecular weight is 449 g/mol. The van der Waals surface area contributed by atoms with E-state index in [1.165, 1.54) is 11.8 Å². The highest BCUT2D eigenvalue weighted by atomic mass is 32.2. The van der Waals surface area contributed by atoms with Crippen LogP contribution in [0.1, 0.15) is 18.4 Å². The molecule has 4 rings (SSSR count). The topological polar surface area (TPSA) is 68.3 Å². The number of thioether (sulfide) groups is 1. The molecule has 0 radical (unpaired) electrons. The molecule has 0 spiro atoms. The van der Waals surface area contributed by atoms with E-state index in [1.807, 2.05) is 18.2 Å². The summed E-state index contributed by atoms with van der Waals surface area (Å²) in [5, 5.41) is 0. The molecule has 3 saturated heterocycles. The molecule has 1 atom stereocenters. The third-order valence-electron chi connectivity index (χ3n) is 5.20. The number of carbonyl (C=O) groups excluding carboxylic acids is 2. The third kappa shape index (κ3) is 5.03. The van der Waals surface area contributed by atoms with E-state index >= 15 is 0 Å². The fraction of sp³-hybridized carbons (Fsp3) is 0.476. The predicted octanol–water partition coefficient (Wildman–Crippen LogP) is 2.30. The van der Waals surface area contributed by atoms with Crippen LogP contribution < -0.4 is 4.74 Å². The highest BCUT2D eigenvalue weighted by Gasteiger charge is 2.34. The van der Waals surface area contributed by atoms with Crippen molar-refractivity contribution in [2.24, 2.45) is 0 Å². The number of carbonyl (C=O) groups is 2. The molecule has 0 aromatic heterocycles. The molecule has 7 nitrogen and oxygen atoms in total. The lowest BCUT2D eigenvalue weighted by molar-refractivity contribution is -0.137. The summed E-state index contributed by atoms with van der Waals surface area (Å²) >= 11 is 6.70. The zero-order valence-corrected chi connectivity index (χ0v) is 18.2. The average Bonchev–Trinajstić information content (AvgIpc) is 3.38. The molecule has 3 heterocycles. The van der Waals surface area contributed by atoms with E-state index in [1.54, 1.807) is 21.9 Å². The number of para-hydroxylation sites is 1. The van der Waals surface area contributed by atoms with Crippen molar-refractivity contribution in [2.45, 2.75) is 18.9 Å². The minimum absolute atomic E-state index is 0.0497. The number of amides is 2. The second-order valence-electron chi connectivity index (χ2n) is 7.25. The van der Waals surface area contributed by atoms with Crippen LogP contribution in [0.2, 0.25) is 0 Å². The maximum absolute atomic E-state index is 12.9. The first kappa shape index (κ1) is 21.3. The van der Waals surface area contributed by atoms with Gasteiger partial charge in [-0.1, -0.05) is 42.2 Å². The Hall–Kier alpha value is -1.94. The SMILES string of the molecule is O=C(COc1ccccc1/C=C1/SC(=S)N(C[C@@H]2CCCO2)C1=O)N1CCOCC1. The molecule has 0 unspecified atom stereocenters. The maximum atomic E-state index is 12.9. The molecule has 0 saturated carbocycles. The number of morpholine rings is 1. The minimum atomic E-state index is -0.111. The molecule has 3 aliphatic heterocycles. The van der Waals surface area contributed by atoms with Gasteiger partial charge in [0.25, 0.3) is 11.8 Å². The van der Waals surface area contributed by atoms with Crippen LogP contribution in [0.25, 0.3) is 6.08 Å². The summed E-state index contributed by atoms with van der Waals surface area (Å²) in [5.41, 5.74) is 0.741. The van der Waals surface area contributed by atoms with Crippen LogP contribution in [0.5, 0.6) is 5.75 Å². The summed E-state index contributed by atoms with van der Waals surface area (Å²) < 4.78 is 17.3. The molecular formula is C21H24N2O5S2. The fourth-order valence-electron chi connectivity index (χ4n) is 3.57. The lowest BCUT2D eigenvalue weighted by Gasteiger charge is -2.26. The Morgan fingerprint density at radius 1 is 1.27 bits per heavy atom. The van der Waals surface area contributed by atoms with Gasteiger partial charge in [0.05, 0.1) is 30.8 Å². The molecule has 0 aliphatic carbocycles. The molecular weight excluding hydrogens is 424 g/mol. The number of benzene rings is 1. The summed E-state index contributed by atoms with van der Waals surface area (Å²) in [4.78, 5) is 29.1. The van der Waals surface area contributed by atoms with Crippen molar-refractivity contribution in [3.8, 4) is 5.75 Å². The Morgan fingerprint density at radius 2 is 2.07 bits per heavy atom. The second-order valence-corrected chi connectivity index (χ2v) is 8.92. The fourth-order valence-corrected chi connectivity index (χ4v) is 4.83. The summed E-state index contributed by atoms with van der Waals surface area (Å²) in [6.07, 6.45) is 3.80. The highest BCUT2D eigenvalue weighted by Crippen LogP contribution is 2.35. The van der Waals surface area contributed by atoms with Gasteiger partial charge in [-0.15, -0.1) is 0 Å². The molecule has 30 heavy (non-hydrogen) atoms. The van der Waals surface area contributed by atoms with Crippen molar-refractivity contribution in [2.75, 3.05) is 46.1 Å². The van der Waals surface area contributed by atoms with Gasteiger partial charge in [0.1, 0.15) is 10.1 Å². The molecule has 3 fully saturated rings. The number of rotatable bonds is 6. The quantitative estimate of drug-likeness (QED) is 0.489. The lowest BCUT2D eigenvalue weighted by atomic mass is 10.2. The third-order valence-corrected chi connectivity index (χ3v) is 6.58. The Morgan fingerprint density at radius 3 is 2.83 bits per heavy atom. The molecule has 160 valence electrons. The number of hydrogen-bond acceptors (Lipinski definition) is 7. The second kappa shape index (κ2) is 9.91. The van der Waals surface area contributed by atoms with E-state index in [0.717, 1.165) is 25.0 Å². The van der Waals surface area contributed by atoms with Crippen molar-refractivity contribution >= 4 is 46.2 Å². The lowest BCUT2D eigenvalue weighted by Crippen LogP contribution is -2.43. The maximum Gasteiger partial charge on any atom is 0.266 e. The van der Waals surface area contributed by atoms with Crippen LogP contribution in [0, 0.1) is 0 Å². The normalized spacial score (nSPS) is 23.5. The van der Waals surface area contributed by atoms with Crippen LogP contribution in [0.4, 0.5) is 0 Å². The van der Waals surface area contributed by atoms with Crippen LogP contribution in [0.15, 0.2) is 29.2 Å². The van der Waals surface area contributed by atoms with E-state index in [0.29, 0.717) is 47.8 Å². The Kier molecular flexibility index (Phi) is 7.04. The van der Waals surface area contributed by atoms with Crippen LogP contribution in [-0.2, 0) is 19.1 Å². The van der Waals surface area contributed by atoms with Gasteiger partial charge in [0, 0.05) is 25.3 Å². The van der Waals surface area contributed by atoms with Gasteiger partial charge >= 0.3 is 0 Å². The van der Waals surface area contributed by atoms with Gasteiger partial charge in [-0.3, -0.25) is 14.5 Å². The van der Waals surface area contributed by atoms with E-state index in [4.69, 9.17) is 26.4 Å². The molecule has 0 bridgehead atoms. The standard InChI is InChI=1S/C21H24N2O5S2/c24-19(22-7-10-26-11-8-22)14-28-17-6-2-1-4-15(17)12-18-20(25)23(21(29)30-18)13-16-5-3-9-27-16/h1-2,4,6,12,16H,3,5,7-11,13-14H2/b18-12+/t16-/m0/s1. The van der Waals surface area contributed by atoms with Crippen molar-refractivity contribution in [3.05, 3.63) is 34.7 Å². The molecule has 0 N–H and O–H groups in total. The molecule has 3 aliphatic rings. The molecule has 9 heteroatoms. The van der Waals surface area contributed by atoms with E-state index < -0.39 is 0 Å². The zero-order valence-electron chi connectivity index (χ0n) is 16.6. The van der Waals surface area contributed by atoms with Crippen LogP contribution in [-0.4, -0.2) is 78.1 Å². The Balaban J connectivity index is 1.42. The van der Waals surface area contributed by atoms with Crippen molar-refractivity contribution in [1.29, 1.82) is 0 Å². The number of ether oxygens (including phenoxy) is 3. The number of nitrogens with zero attached hydrogens (tertiary/aromatic N) is 2. The monoisotopic (exact) mass is 448 g/mol. The van der Waals surface area contributed by atoms with Crippen molar-refractivity contribution < 1.29 is 23.8 Å². The number of thiocarbonyl (C=S) groups is 1.